The van der Waals surface area contributed by atoms with Gasteiger partial charge < -0.3 is 20.1 Å². The highest BCUT2D eigenvalue weighted by atomic mass is 32.2. The van der Waals surface area contributed by atoms with Gasteiger partial charge in [-0.3, -0.25) is 4.79 Å². The first kappa shape index (κ1) is 19.0. The summed E-state index contributed by atoms with van der Waals surface area (Å²) in [5.41, 5.74) is 2.45. The number of ketones is 1. The second-order valence-corrected chi connectivity index (χ2v) is 10.1. The Kier molecular flexibility index (Phi) is 4.85. The third kappa shape index (κ3) is 3.35. The molecule has 9 heteroatoms. The Morgan fingerprint density at radius 3 is 2.69 bits per heavy atom. The number of sulfonamides is 1. The zero-order chi connectivity index (χ0) is 20.0. The van der Waals surface area contributed by atoms with Crippen LogP contribution in [0.3, 0.4) is 0 Å². The van der Waals surface area contributed by atoms with Crippen molar-refractivity contribution in [2.24, 2.45) is 5.92 Å². The van der Waals surface area contributed by atoms with E-state index in [1.54, 1.807) is 18.2 Å². The molecular formula is C20H25N3O5S. The van der Waals surface area contributed by atoms with E-state index >= 15 is 0 Å². The molecule has 1 fully saturated rings. The fraction of sp³-hybridized carbons (Fsp3) is 0.550. The molecule has 8 nitrogen and oxygen atoms in total. The van der Waals surface area contributed by atoms with Gasteiger partial charge in [0.25, 0.3) is 10.0 Å². The van der Waals surface area contributed by atoms with Gasteiger partial charge >= 0.3 is 0 Å². The van der Waals surface area contributed by atoms with Gasteiger partial charge in [0.05, 0.1) is 18.8 Å². The maximum Gasteiger partial charge on any atom is 0.254 e. The third-order valence-corrected chi connectivity index (χ3v) is 8.04. The van der Waals surface area contributed by atoms with Gasteiger partial charge in [0, 0.05) is 44.3 Å². The van der Waals surface area contributed by atoms with Gasteiger partial charge in [-0.2, -0.15) is 4.31 Å². The van der Waals surface area contributed by atoms with Gasteiger partial charge in [0.2, 0.25) is 5.44 Å². The van der Waals surface area contributed by atoms with E-state index in [1.165, 1.54) is 15.5 Å². The number of hydrogen-bond acceptors (Lipinski definition) is 7. The largest absolute Gasteiger partial charge is 0.469 e. The number of Topliss-reactive ketones (excluding diaryl/α,β-unsaturated/α-hetero) is 1. The molecule has 1 aromatic rings. The van der Waals surface area contributed by atoms with Crippen molar-refractivity contribution in [2.45, 2.75) is 18.3 Å². The number of rotatable bonds is 4. The minimum absolute atomic E-state index is 0.0200. The highest BCUT2D eigenvalue weighted by molar-refractivity contribution is 7.89. The van der Waals surface area contributed by atoms with Crippen LogP contribution >= 0.6 is 0 Å². The summed E-state index contributed by atoms with van der Waals surface area (Å²) in [5.74, 6) is 0.269. The highest BCUT2D eigenvalue weighted by Crippen LogP contribution is 2.36. The van der Waals surface area contributed by atoms with Gasteiger partial charge in [-0.15, -0.1) is 0 Å². The number of carbonyl (C=O) groups excluding carboxylic acids is 1. The second kappa shape index (κ2) is 7.39. The first-order chi connectivity index (χ1) is 14.0. The smallest absolute Gasteiger partial charge is 0.254 e. The number of fused-ring (bicyclic) bond motifs is 1. The van der Waals surface area contributed by atoms with Crippen molar-refractivity contribution in [2.75, 3.05) is 51.3 Å². The van der Waals surface area contributed by atoms with Crippen LogP contribution in [0.5, 0.6) is 5.75 Å². The molecule has 0 aromatic heterocycles. The number of ether oxygens (including phenoxy) is 2. The molecule has 0 radical (unpaired) electrons. The fourth-order valence-electron chi connectivity index (χ4n) is 4.50. The lowest BCUT2D eigenvalue weighted by Gasteiger charge is -2.32. The number of benzene rings is 1. The predicted molar refractivity (Wildman–Crippen MR) is 108 cm³/mol. The van der Waals surface area contributed by atoms with Crippen molar-refractivity contribution in [3.63, 3.8) is 0 Å². The summed E-state index contributed by atoms with van der Waals surface area (Å²) in [6.07, 6.45) is 1.68. The Labute approximate surface area is 170 Å². The van der Waals surface area contributed by atoms with Crippen LogP contribution in [0, 0.1) is 5.92 Å². The Morgan fingerprint density at radius 2 is 1.97 bits per heavy atom. The number of para-hydroxylation sites is 1. The summed E-state index contributed by atoms with van der Waals surface area (Å²) in [6.45, 7) is 3.61. The van der Waals surface area contributed by atoms with Crippen LogP contribution in [0.1, 0.15) is 23.2 Å². The molecule has 156 valence electrons. The van der Waals surface area contributed by atoms with Crippen LogP contribution in [0.25, 0.3) is 0 Å². The molecule has 0 spiro atoms. The van der Waals surface area contributed by atoms with Crippen molar-refractivity contribution < 1.29 is 22.7 Å². The summed E-state index contributed by atoms with van der Waals surface area (Å²) in [4.78, 5) is 13.0. The van der Waals surface area contributed by atoms with Crippen molar-refractivity contribution in [3.8, 4) is 5.75 Å². The summed E-state index contributed by atoms with van der Waals surface area (Å²) < 4.78 is 39.1. The fourth-order valence-corrected chi connectivity index (χ4v) is 6.02. The van der Waals surface area contributed by atoms with Crippen LogP contribution in [0.4, 0.5) is 5.69 Å². The number of nitrogens with one attached hydrogen (secondary N) is 2. The minimum atomic E-state index is -3.63. The molecule has 1 aromatic carbocycles. The van der Waals surface area contributed by atoms with E-state index in [9.17, 15) is 13.2 Å². The first-order valence-electron chi connectivity index (χ1n) is 10.1. The van der Waals surface area contributed by atoms with E-state index in [1.807, 2.05) is 0 Å². The third-order valence-electron chi connectivity index (χ3n) is 6.13. The molecule has 2 N–H and O–H groups in total. The van der Waals surface area contributed by atoms with Crippen LogP contribution in [-0.4, -0.2) is 69.9 Å². The normalized spacial score (nSPS) is 27.2. The lowest BCUT2D eigenvalue weighted by molar-refractivity contribution is 0.0461. The molecule has 0 saturated carbocycles. The summed E-state index contributed by atoms with van der Waals surface area (Å²) >= 11 is 0. The summed E-state index contributed by atoms with van der Waals surface area (Å²) in [7, 11) is -3.63. The zero-order valence-electron chi connectivity index (χ0n) is 16.1. The van der Waals surface area contributed by atoms with Crippen LogP contribution in [-0.2, 0) is 14.8 Å². The van der Waals surface area contributed by atoms with E-state index in [4.69, 9.17) is 9.47 Å². The van der Waals surface area contributed by atoms with Gasteiger partial charge in [-0.05, 0) is 36.1 Å². The number of carbonyl (C=O) groups is 1. The maximum atomic E-state index is 13.1. The average Bonchev–Trinajstić information content (AvgIpc) is 3.36. The number of nitrogens with zero attached hydrogens (tertiary/aromatic N) is 1. The molecular weight excluding hydrogens is 394 g/mol. The molecule has 4 aliphatic heterocycles. The summed E-state index contributed by atoms with van der Waals surface area (Å²) in [5, 5.41) is 6.42. The van der Waals surface area contributed by atoms with Gasteiger partial charge in [0.15, 0.2) is 5.78 Å². The predicted octanol–water partition coefficient (Wildman–Crippen LogP) is 0.971. The number of hydrogen-bond donors (Lipinski definition) is 2. The second-order valence-electron chi connectivity index (χ2n) is 8.01. The topological polar surface area (TPSA) is 97.0 Å². The van der Waals surface area contributed by atoms with E-state index < -0.39 is 15.5 Å². The standard InChI is InChI=1S/C20H25N3O5S/c24-20(13-3-2-6-27-12-13)16-4-1-5-17-19(16)22-9-18(28-17)29(25,26)23-10-14-7-21-8-15(14)11-23/h1,4-5,13,18,21-22H,2-3,6-12H2. The van der Waals surface area contributed by atoms with Crippen molar-refractivity contribution in [3.05, 3.63) is 34.9 Å². The molecule has 4 aliphatic rings. The van der Waals surface area contributed by atoms with E-state index in [0.717, 1.165) is 25.9 Å². The van der Waals surface area contributed by atoms with Crippen LogP contribution < -0.4 is 15.4 Å². The SMILES string of the molecule is O=C(c1cccc2c1NCC(S(=O)(=O)N1CC3=C(CNC3)C1)O2)C1CCCOC1. The maximum absolute atomic E-state index is 13.1. The molecule has 4 heterocycles. The van der Waals surface area contributed by atoms with Crippen molar-refractivity contribution >= 4 is 21.5 Å². The minimum Gasteiger partial charge on any atom is -0.469 e. The molecule has 29 heavy (non-hydrogen) atoms. The molecule has 0 bridgehead atoms. The van der Waals surface area contributed by atoms with Crippen LogP contribution in [0.2, 0.25) is 0 Å². The quantitative estimate of drug-likeness (QED) is 0.554. The Bertz CT molecular complexity index is 952. The Hall–Kier alpha value is -1.94. The number of anilines is 1. The molecule has 1 saturated heterocycles. The highest BCUT2D eigenvalue weighted by Gasteiger charge is 2.41. The lowest BCUT2D eigenvalue weighted by Crippen LogP contribution is -2.46. The zero-order valence-corrected chi connectivity index (χ0v) is 17.0. The van der Waals surface area contributed by atoms with Gasteiger partial charge in [-0.25, -0.2) is 8.42 Å². The molecule has 0 aliphatic carbocycles. The molecule has 5 rings (SSSR count). The van der Waals surface area contributed by atoms with Gasteiger partial charge in [0.1, 0.15) is 5.75 Å². The Morgan fingerprint density at radius 1 is 1.17 bits per heavy atom. The molecule has 2 unspecified atom stereocenters. The van der Waals surface area contributed by atoms with Crippen LogP contribution in [0.15, 0.2) is 29.3 Å². The van der Waals surface area contributed by atoms with Crippen molar-refractivity contribution in [1.82, 2.24) is 9.62 Å². The summed E-state index contributed by atoms with van der Waals surface area (Å²) in [6, 6.07) is 5.22. The molecule has 2 atom stereocenters. The molecule has 0 amide bonds. The van der Waals surface area contributed by atoms with E-state index in [2.05, 4.69) is 10.6 Å². The average molecular weight is 420 g/mol. The monoisotopic (exact) mass is 419 g/mol. The lowest BCUT2D eigenvalue weighted by atomic mass is 9.91. The first-order valence-corrected chi connectivity index (χ1v) is 11.6. The van der Waals surface area contributed by atoms with Crippen molar-refractivity contribution in [1.29, 1.82) is 0 Å². The van der Waals surface area contributed by atoms with Gasteiger partial charge in [-0.1, -0.05) is 6.07 Å². The van der Waals surface area contributed by atoms with E-state index in [-0.39, 0.29) is 18.2 Å². The van der Waals surface area contributed by atoms with E-state index in [0.29, 0.717) is 43.3 Å². The Balaban J connectivity index is 1.34.